The number of carbonyl (C=O) groups is 3. The maximum absolute atomic E-state index is 13.1. The van der Waals surface area contributed by atoms with Crippen LogP contribution in [0.1, 0.15) is 59.2 Å². The zero-order chi connectivity index (χ0) is 24.0. The molecule has 0 spiro atoms. The highest BCUT2D eigenvalue weighted by Gasteiger charge is 2.50. The summed E-state index contributed by atoms with van der Waals surface area (Å²) in [6.07, 6.45) is 1.73. The van der Waals surface area contributed by atoms with Crippen molar-refractivity contribution in [2.45, 2.75) is 45.1 Å². The Balaban J connectivity index is 1.27. The lowest BCUT2D eigenvalue weighted by Crippen LogP contribution is -2.48. The molecule has 2 N–H and O–H groups in total. The highest BCUT2D eigenvalue weighted by Crippen LogP contribution is 2.35. The number of hydrogen-bond donors (Lipinski definition) is 2. The number of nitrogens with zero attached hydrogens (tertiary/aromatic N) is 3. The van der Waals surface area contributed by atoms with Crippen molar-refractivity contribution in [3.8, 4) is 0 Å². The van der Waals surface area contributed by atoms with Crippen molar-refractivity contribution in [3.05, 3.63) is 58.2 Å². The average Bonchev–Trinajstić information content (AvgIpc) is 3.39. The molecule has 0 aliphatic carbocycles. The van der Waals surface area contributed by atoms with Gasteiger partial charge < -0.3 is 10.2 Å². The van der Waals surface area contributed by atoms with E-state index in [1.165, 1.54) is 0 Å². The van der Waals surface area contributed by atoms with Gasteiger partial charge in [-0.1, -0.05) is 37.3 Å². The predicted molar refractivity (Wildman–Crippen MR) is 130 cm³/mol. The van der Waals surface area contributed by atoms with Crippen molar-refractivity contribution < 1.29 is 14.4 Å². The van der Waals surface area contributed by atoms with Crippen LogP contribution in [-0.2, 0) is 10.3 Å². The second kappa shape index (κ2) is 8.47. The third kappa shape index (κ3) is 3.73. The summed E-state index contributed by atoms with van der Waals surface area (Å²) in [5, 5.41) is 6.20. The normalized spacial score (nSPS) is 21.2. The first-order valence-corrected chi connectivity index (χ1v) is 12.4. The van der Waals surface area contributed by atoms with Crippen LogP contribution in [0, 0.1) is 12.8 Å². The van der Waals surface area contributed by atoms with E-state index in [0.29, 0.717) is 30.1 Å². The number of aromatic nitrogens is 2. The summed E-state index contributed by atoms with van der Waals surface area (Å²) in [6.45, 7) is 7.09. The lowest BCUT2D eigenvalue weighted by molar-refractivity contribution is -0.125. The summed E-state index contributed by atoms with van der Waals surface area (Å²) in [5.41, 5.74) is 2.05. The van der Waals surface area contributed by atoms with Gasteiger partial charge in [-0.3, -0.25) is 14.9 Å². The standard InChI is InChI=1S/C25H27N5O3S/c1-14(2)25(23(32)28-24(33)29-25)18-7-5-17(6-8-18)22(31)30-12-10-16(11-13-30)20-27-19-9-4-15(3)26-21(19)34-20/h4-9,14,16H,10-13H2,1-3H3,(H2,28,29,32,33)/t25-/m1/s1. The molecule has 4 heterocycles. The SMILES string of the molecule is Cc1ccc2nc(C3CCN(C(=O)c4ccc([C@@]5(C(C)C)NC(=O)NC5=O)cc4)CC3)sc2n1. The van der Waals surface area contributed by atoms with Crippen LogP contribution in [0.5, 0.6) is 0 Å². The molecule has 1 atom stereocenters. The number of urea groups is 1. The number of rotatable bonds is 4. The molecular formula is C25H27N5O3S. The summed E-state index contributed by atoms with van der Waals surface area (Å²) in [5.74, 6) is -0.207. The molecule has 0 unspecified atom stereocenters. The topological polar surface area (TPSA) is 104 Å². The number of nitrogens with one attached hydrogen (secondary N) is 2. The summed E-state index contributed by atoms with van der Waals surface area (Å²) >= 11 is 1.65. The number of thiazole rings is 1. The van der Waals surface area contributed by atoms with Crippen LogP contribution >= 0.6 is 11.3 Å². The van der Waals surface area contributed by atoms with Gasteiger partial charge in [0, 0.05) is 30.3 Å². The molecule has 0 bridgehead atoms. The number of pyridine rings is 1. The molecule has 8 nitrogen and oxygen atoms in total. The maximum Gasteiger partial charge on any atom is 0.322 e. The van der Waals surface area contributed by atoms with Crippen molar-refractivity contribution in [1.82, 2.24) is 25.5 Å². The first-order chi connectivity index (χ1) is 16.3. The van der Waals surface area contributed by atoms with E-state index in [1.807, 2.05) is 37.8 Å². The molecule has 3 aromatic rings. The number of benzene rings is 1. The number of amides is 4. The van der Waals surface area contributed by atoms with Crippen LogP contribution in [-0.4, -0.2) is 45.8 Å². The van der Waals surface area contributed by atoms with Crippen LogP contribution in [0.4, 0.5) is 4.79 Å². The number of aryl methyl sites for hydroxylation is 1. The van der Waals surface area contributed by atoms with E-state index >= 15 is 0 Å². The minimum Gasteiger partial charge on any atom is -0.339 e. The fourth-order valence-electron chi connectivity index (χ4n) is 4.90. The lowest BCUT2D eigenvalue weighted by Gasteiger charge is -2.32. The van der Waals surface area contributed by atoms with Crippen molar-refractivity contribution in [2.75, 3.05) is 13.1 Å². The first kappa shape index (κ1) is 22.5. The van der Waals surface area contributed by atoms with Gasteiger partial charge in [0.05, 0.1) is 5.01 Å². The average molecular weight is 478 g/mol. The molecule has 2 fully saturated rings. The summed E-state index contributed by atoms with van der Waals surface area (Å²) in [6, 6.07) is 10.5. The molecule has 176 valence electrons. The number of likely N-dealkylation sites (tertiary alicyclic amines) is 1. The number of imide groups is 1. The summed E-state index contributed by atoms with van der Waals surface area (Å²) in [7, 11) is 0. The molecule has 2 aliphatic heterocycles. The van der Waals surface area contributed by atoms with E-state index < -0.39 is 11.6 Å². The Morgan fingerprint density at radius 1 is 1.09 bits per heavy atom. The minimum atomic E-state index is -1.12. The molecule has 2 saturated heterocycles. The molecule has 9 heteroatoms. The summed E-state index contributed by atoms with van der Waals surface area (Å²) < 4.78 is 0. The van der Waals surface area contributed by atoms with E-state index in [9.17, 15) is 14.4 Å². The minimum absolute atomic E-state index is 0.0231. The molecule has 2 aromatic heterocycles. The van der Waals surface area contributed by atoms with Gasteiger partial charge >= 0.3 is 6.03 Å². The van der Waals surface area contributed by atoms with Crippen LogP contribution < -0.4 is 10.6 Å². The van der Waals surface area contributed by atoms with Crippen molar-refractivity contribution in [2.24, 2.45) is 5.92 Å². The molecule has 4 amide bonds. The molecule has 5 rings (SSSR count). The Morgan fingerprint density at radius 3 is 2.41 bits per heavy atom. The number of carbonyl (C=O) groups excluding carboxylic acids is 3. The smallest absolute Gasteiger partial charge is 0.322 e. The van der Waals surface area contributed by atoms with E-state index in [1.54, 1.807) is 35.6 Å². The van der Waals surface area contributed by atoms with Crippen molar-refractivity contribution >= 4 is 39.5 Å². The molecule has 34 heavy (non-hydrogen) atoms. The van der Waals surface area contributed by atoms with E-state index in [0.717, 1.165) is 33.9 Å². The highest BCUT2D eigenvalue weighted by atomic mass is 32.1. The number of hydrogen-bond acceptors (Lipinski definition) is 6. The zero-order valence-electron chi connectivity index (χ0n) is 19.4. The van der Waals surface area contributed by atoms with Crippen LogP contribution in [0.2, 0.25) is 0 Å². The fourth-order valence-corrected chi connectivity index (χ4v) is 6.05. The van der Waals surface area contributed by atoms with E-state index in [-0.39, 0.29) is 17.7 Å². The molecule has 2 aliphatic rings. The Hall–Kier alpha value is -3.33. The van der Waals surface area contributed by atoms with E-state index in [2.05, 4.69) is 15.6 Å². The van der Waals surface area contributed by atoms with Gasteiger partial charge in [-0.25, -0.2) is 14.8 Å². The van der Waals surface area contributed by atoms with Gasteiger partial charge in [0.1, 0.15) is 15.9 Å². The zero-order valence-corrected chi connectivity index (χ0v) is 20.2. The van der Waals surface area contributed by atoms with Gasteiger partial charge in [-0.15, -0.1) is 0 Å². The molecular weight excluding hydrogens is 450 g/mol. The summed E-state index contributed by atoms with van der Waals surface area (Å²) in [4.78, 5) is 49.7. The van der Waals surface area contributed by atoms with Crippen LogP contribution in [0.15, 0.2) is 36.4 Å². The second-order valence-corrected chi connectivity index (χ2v) is 10.4. The van der Waals surface area contributed by atoms with Gasteiger partial charge in [0.2, 0.25) is 0 Å². The Bertz CT molecular complexity index is 1280. The lowest BCUT2D eigenvalue weighted by atomic mass is 9.79. The molecule has 0 saturated carbocycles. The van der Waals surface area contributed by atoms with Gasteiger partial charge in [0.15, 0.2) is 0 Å². The van der Waals surface area contributed by atoms with Crippen LogP contribution in [0.3, 0.4) is 0 Å². The molecule has 0 radical (unpaired) electrons. The maximum atomic E-state index is 13.1. The van der Waals surface area contributed by atoms with Crippen LogP contribution in [0.25, 0.3) is 10.3 Å². The predicted octanol–water partition coefficient (Wildman–Crippen LogP) is 3.71. The second-order valence-electron chi connectivity index (χ2n) is 9.34. The fraction of sp³-hybridized carbons (Fsp3) is 0.400. The third-order valence-corrected chi connectivity index (χ3v) is 8.02. The number of piperidine rings is 1. The van der Waals surface area contributed by atoms with Crippen molar-refractivity contribution in [1.29, 1.82) is 0 Å². The Labute approximate surface area is 201 Å². The Morgan fingerprint density at radius 2 is 1.79 bits per heavy atom. The van der Waals surface area contributed by atoms with Crippen molar-refractivity contribution in [3.63, 3.8) is 0 Å². The van der Waals surface area contributed by atoms with E-state index in [4.69, 9.17) is 4.98 Å². The number of fused-ring (bicyclic) bond motifs is 1. The highest BCUT2D eigenvalue weighted by molar-refractivity contribution is 7.18. The van der Waals surface area contributed by atoms with Gasteiger partial charge in [-0.2, -0.15) is 0 Å². The molecule has 1 aromatic carbocycles. The quantitative estimate of drug-likeness (QED) is 0.558. The Kier molecular flexibility index (Phi) is 5.59. The third-order valence-electron chi connectivity index (χ3n) is 6.89. The van der Waals surface area contributed by atoms with Gasteiger partial charge in [0.25, 0.3) is 11.8 Å². The van der Waals surface area contributed by atoms with Gasteiger partial charge in [-0.05, 0) is 55.5 Å². The monoisotopic (exact) mass is 477 g/mol. The largest absolute Gasteiger partial charge is 0.339 e. The first-order valence-electron chi connectivity index (χ1n) is 11.6.